The summed E-state index contributed by atoms with van der Waals surface area (Å²) in [5.41, 5.74) is -0.0286. The van der Waals surface area contributed by atoms with Crippen molar-refractivity contribution < 1.29 is 13.2 Å². The van der Waals surface area contributed by atoms with Gasteiger partial charge >= 0.3 is 6.18 Å². The highest BCUT2D eigenvalue weighted by Crippen LogP contribution is 2.32. The molecule has 0 aliphatic carbocycles. The van der Waals surface area contributed by atoms with E-state index in [4.69, 9.17) is 11.6 Å². The van der Waals surface area contributed by atoms with Gasteiger partial charge < -0.3 is 4.90 Å². The first kappa shape index (κ1) is 15.1. The lowest BCUT2D eigenvalue weighted by molar-refractivity contribution is -0.137. The second-order valence-corrected chi connectivity index (χ2v) is 5.70. The zero-order valence-electron chi connectivity index (χ0n) is 10.7. The third-order valence-corrected chi connectivity index (χ3v) is 3.58. The Bertz CT molecular complexity index is 612. The summed E-state index contributed by atoms with van der Waals surface area (Å²) in [5.74, 6) is 0.162. The number of hydrogen-bond acceptors (Lipinski definition) is 4. The minimum atomic E-state index is -4.45. The van der Waals surface area contributed by atoms with Crippen molar-refractivity contribution >= 4 is 28.8 Å². The van der Waals surface area contributed by atoms with Crippen LogP contribution in [0, 0.1) is 6.92 Å². The number of aromatic nitrogens is 2. The van der Waals surface area contributed by atoms with Crippen molar-refractivity contribution in [3.8, 4) is 0 Å². The standard InChI is InChI=1S/C12H11ClF3N3S/c1-7-17-9(6-20-7)5-19(2)11-4-8(12(14,15)16)3-10(13)18-11/h3-4,6H,5H2,1-2H3. The van der Waals surface area contributed by atoms with E-state index in [0.29, 0.717) is 6.54 Å². The Hall–Kier alpha value is -1.34. The molecule has 0 N–H and O–H groups in total. The number of nitrogens with zero attached hydrogens (tertiary/aromatic N) is 3. The lowest BCUT2D eigenvalue weighted by atomic mass is 10.2. The Labute approximate surface area is 123 Å². The van der Waals surface area contributed by atoms with Gasteiger partial charge in [0.25, 0.3) is 0 Å². The lowest BCUT2D eigenvalue weighted by Crippen LogP contribution is -2.19. The average Bonchev–Trinajstić information content (AvgIpc) is 2.72. The van der Waals surface area contributed by atoms with Gasteiger partial charge in [0.15, 0.2) is 0 Å². The zero-order valence-corrected chi connectivity index (χ0v) is 12.3. The van der Waals surface area contributed by atoms with Gasteiger partial charge in [-0.15, -0.1) is 11.3 Å². The second-order valence-electron chi connectivity index (χ2n) is 4.25. The molecule has 0 spiro atoms. The second kappa shape index (κ2) is 5.57. The first-order chi connectivity index (χ1) is 9.25. The average molecular weight is 322 g/mol. The number of alkyl halides is 3. The fraction of sp³-hybridized carbons (Fsp3) is 0.333. The highest BCUT2D eigenvalue weighted by Gasteiger charge is 2.31. The Kier molecular flexibility index (Phi) is 4.19. The minimum Gasteiger partial charge on any atom is -0.354 e. The van der Waals surface area contributed by atoms with Crippen molar-refractivity contribution in [2.24, 2.45) is 0 Å². The van der Waals surface area contributed by atoms with Crippen LogP contribution in [-0.4, -0.2) is 17.0 Å². The van der Waals surface area contributed by atoms with Crippen LogP contribution >= 0.6 is 22.9 Å². The van der Waals surface area contributed by atoms with Crippen LogP contribution in [0.15, 0.2) is 17.5 Å². The van der Waals surface area contributed by atoms with Crippen molar-refractivity contribution in [2.45, 2.75) is 19.6 Å². The maximum atomic E-state index is 12.7. The number of rotatable bonds is 3. The van der Waals surface area contributed by atoms with Crippen LogP contribution < -0.4 is 4.90 Å². The first-order valence-electron chi connectivity index (χ1n) is 5.62. The number of halogens is 4. The number of hydrogen-bond donors (Lipinski definition) is 0. The summed E-state index contributed by atoms with van der Waals surface area (Å²) in [6, 6.07) is 1.79. The SMILES string of the molecule is Cc1nc(CN(C)c2cc(C(F)(F)F)cc(Cl)n2)cs1. The van der Waals surface area contributed by atoms with Crippen LogP contribution in [0.5, 0.6) is 0 Å². The molecule has 0 saturated carbocycles. The molecule has 20 heavy (non-hydrogen) atoms. The Morgan fingerprint density at radius 2 is 2.00 bits per heavy atom. The molecule has 2 rings (SSSR count). The van der Waals surface area contributed by atoms with E-state index in [1.54, 1.807) is 11.9 Å². The molecule has 2 aromatic rings. The highest BCUT2D eigenvalue weighted by molar-refractivity contribution is 7.09. The fourth-order valence-electron chi connectivity index (χ4n) is 1.65. The summed E-state index contributed by atoms with van der Waals surface area (Å²) in [6.45, 7) is 2.24. The predicted molar refractivity (Wildman–Crippen MR) is 73.2 cm³/mol. The molecule has 0 unspecified atom stereocenters. The van der Waals surface area contributed by atoms with Gasteiger partial charge in [0, 0.05) is 12.4 Å². The van der Waals surface area contributed by atoms with E-state index in [1.807, 2.05) is 12.3 Å². The summed E-state index contributed by atoms with van der Waals surface area (Å²) in [5, 5.41) is 2.58. The highest BCUT2D eigenvalue weighted by atomic mass is 35.5. The molecule has 8 heteroatoms. The number of thiazole rings is 1. The summed E-state index contributed by atoms with van der Waals surface area (Å²) in [7, 11) is 1.65. The Balaban J connectivity index is 2.25. The molecule has 0 radical (unpaired) electrons. The molecule has 3 nitrogen and oxygen atoms in total. The first-order valence-corrected chi connectivity index (χ1v) is 6.88. The van der Waals surface area contributed by atoms with Crippen molar-refractivity contribution in [3.05, 3.63) is 38.9 Å². The van der Waals surface area contributed by atoms with Crippen LogP contribution in [0.3, 0.4) is 0 Å². The van der Waals surface area contributed by atoms with E-state index in [2.05, 4.69) is 9.97 Å². The molecule has 0 aromatic carbocycles. The van der Waals surface area contributed by atoms with E-state index in [-0.39, 0.29) is 11.0 Å². The largest absolute Gasteiger partial charge is 0.416 e. The molecule has 0 aliphatic rings. The zero-order chi connectivity index (χ0) is 14.9. The third kappa shape index (κ3) is 3.61. The van der Waals surface area contributed by atoms with E-state index in [1.165, 1.54) is 11.3 Å². The van der Waals surface area contributed by atoms with Crippen molar-refractivity contribution in [3.63, 3.8) is 0 Å². The maximum Gasteiger partial charge on any atom is 0.416 e. The topological polar surface area (TPSA) is 29.0 Å². The molecule has 108 valence electrons. The molecule has 0 fully saturated rings. The van der Waals surface area contributed by atoms with Crippen LogP contribution in [0.2, 0.25) is 5.15 Å². The molecular weight excluding hydrogens is 311 g/mol. The molecule has 2 heterocycles. The third-order valence-electron chi connectivity index (χ3n) is 2.56. The minimum absolute atomic E-state index is 0.162. The van der Waals surface area contributed by atoms with E-state index >= 15 is 0 Å². The van der Waals surface area contributed by atoms with Crippen LogP contribution in [-0.2, 0) is 12.7 Å². The molecule has 0 amide bonds. The molecular formula is C12H11ClF3N3S. The van der Waals surface area contributed by atoms with Crippen molar-refractivity contribution in [1.29, 1.82) is 0 Å². The molecule has 0 aliphatic heterocycles. The van der Waals surface area contributed by atoms with Crippen LogP contribution in [0.4, 0.5) is 19.0 Å². The van der Waals surface area contributed by atoms with Crippen LogP contribution in [0.25, 0.3) is 0 Å². The smallest absolute Gasteiger partial charge is 0.354 e. The Morgan fingerprint density at radius 1 is 1.30 bits per heavy atom. The summed E-state index contributed by atoms with van der Waals surface area (Å²) < 4.78 is 38.2. The molecule has 0 saturated heterocycles. The van der Waals surface area contributed by atoms with Gasteiger partial charge in [0.1, 0.15) is 11.0 Å². The lowest BCUT2D eigenvalue weighted by Gasteiger charge is -2.18. The molecule has 2 aromatic heterocycles. The summed E-state index contributed by atoms with van der Waals surface area (Å²) in [6.07, 6.45) is -4.45. The van der Waals surface area contributed by atoms with E-state index < -0.39 is 11.7 Å². The molecule has 0 atom stereocenters. The van der Waals surface area contributed by atoms with Crippen LogP contribution in [0.1, 0.15) is 16.3 Å². The summed E-state index contributed by atoms with van der Waals surface area (Å²) in [4.78, 5) is 9.76. The van der Waals surface area contributed by atoms with Gasteiger partial charge in [-0.2, -0.15) is 13.2 Å². The number of aryl methyl sites for hydroxylation is 1. The summed E-state index contributed by atoms with van der Waals surface area (Å²) >= 11 is 7.14. The normalized spacial score (nSPS) is 11.7. The van der Waals surface area contributed by atoms with Crippen molar-refractivity contribution in [1.82, 2.24) is 9.97 Å². The van der Waals surface area contributed by atoms with Gasteiger partial charge in [0.2, 0.25) is 0 Å². The van der Waals surface area contributed by atoms with Gasteiger partial charge in [-0.1, -0.05) is 11.6 Å². The number of pyridine rings is 1. The van der Waals surface area contributed by atoms with E-state index in [9.17, 15) is 13.2 Å². The number of anilines is 1. The fourth-order valence-corrected chi connectivity index (χ4v) is 2.46. The van der Waals surface area contributed by atoms with Crippen molar-refractivity contribution in [2.75, 3.05) is 11.9 Å². The monoisotopic (exact) mass is 321 g/mol. The van der Waals surface area contributed by atoms with Gasteiger partial charge in [-0.25, -0.2) is 9.97 Å². The predicted octanol–water partition coefficient (Wildman–Crippen LogP) is 4.16. The maximum absolute atomic E-state index is 12.7. The van der Waals surface area contributed by atoms with Gasteiger partial charge in [-0.05, 0) is 19.1 Å². The quantitative estimate of drug-likeness (QED) is 0.795. The molecule has 0 bridgehead atoms. The Morgan fingerprint density at radius 3 is 2.55 bits per heavy atom. The van der Waals surface area contributed by atoms with Gasteiger partial charge in [0.05, 0.1) is 22.8 Å². The van der Waals surface area contributed by atoms with Gasteiger partial charge in [-0.3, -0.25) is 0 Å². The van der Waals surface area contributed by atoms with E-state index in [0.717, 1.165) is 22.8 Å².